The minimum atomic E-state index is -0.0964. The summed E-state index contributed by atoms with van der Waals surface area (Å²) in [5, 5.41) is 11.8. The van der Waals surface area contributed by atoms with Gasteiger partial charge in [-0.25, -0.2) is 4.98 Å². The molecule has 3 aromatic rings. The van der Waals surface area contributed by atoms with Crippen molar-refractivity contribution in [2.24, 2.45) is 7.05 Å². The maximum absolute atomic E-state index is 12.7. The van der Waals surface area contributed by atoms with Crippen LogP contribution in [0.3, 0.4) is 0 Å². The van der Waals surface area contributed by atoms with Gasteiger partial charge in [0, 0.05) is 25.0 Å². The van der Waals surface area contributed by atoms with E-state index in [9.17, 15) is 4.79 Å². The molecule has 2 N–H and O–H groups in total. The van der Waals surface area contributed by atoms with Crippen LogP contribution >= 0.6 is 0 Å². The Hall–Kier alpha value is -2.94. The fraction of sp³-hybridized carbons (Fsp3) is 0.524. The molecule has 5 rings (SSSR count). The van der Waals surface area contributed by atoms with Crippen LogP contribution in [0.5, 0.6) is 0 Å². The van der Waals surface area contributed by atoms with Gasteiger partial charge in [-0.3, -0.25) is 9.48 Å². The monoisotopic (exact) mass is 408 g/mol. The molecule has 158 valence electrons. The first kappa shape index (κ1) is 19.0. The molecule has 1 saturated carbocycles. The van der Waals surface area contributed by atoms with E-state index in [4.69, 9.17) is 0 Å². The van der Waals surface area contributed by atoms with Crippen LogP contribution < -0.4 is 16.2 Å². The number of aromatic nitrogens is 5. The van der Waals surface area contributed by atoms with E-state index < -0.39 is 0 Å². The predicted molar refractivity (Wildman–Crippen MR) is 117 cm³/mol. The summed E-state index contributed by atoms with van der Waals surface area (Å²) in [6.07, 6.45) is 9.89. The number of fused-ring (bicyclic) bond motifs is 1. The molecule has 1 aliphatic heterocycles. The molecule has 0 unspecified atom stereocenters. The summed E-state index contributed by atoms with van der Waals surface area (Å²) in [6.45, 7) is 4.32. The number of hydrogen-bond acceptors (Lipinski definition) is 7. The van der Waals surface area contributed by atoms with Gasteiger partial charge in [-0.15, -0.1) is 0 Å². The molecule has 30 heavy (non-hydrogen) atoms. The summed E-state index contributed by atoms with van der Waals surface area (Å²) < 4.78 is 3.60. The van der Waals surface area contributed by atoms with Gasteiger partial charge >= 0.3 is 0 Å². The van der Waals surface area contributed by atoms with Crippen LogP contribution in [0.25, 0.3) is 10.9 Å². The van der Waals surface area contributed by atoms with Crippen molar-refractivity contribution in [1.82, 2.24) is 29.2 Å². The van der Waals surface area contributed by atoms with Gasteiger partial charge in [0.25, 0.3) is 5.56 Å². The molecule has 3 aromatic heterocycles. The molecule has 0 amide bonds. The first-order valence-electron chi connectivity index (χ1n) is 10.6. The molecule has 1 saturated heterocycles. The maximum atomic E-state index is 12.7. The minimum Gasteiger partial charge on any atom is -0.364 e. The summed E-state index contributed by atoms with van der Waals surface area (Å²) in [6, 6.07) is 2.27. The van der Waals surface area contributed by atoms with E-state index in [1.807, 2.05) is 23.1 Å². The van der Waals surface area contributed by atoms with Crippen molar-refractivity contribution < 1.29 is 0 Å². The van der Waals surface area contributed by atoms with Crippen molar-refractivity contribution in [3.05, 3.63) is 35.0 Å². The third kappa shape index (κ3) is 3.65. The molecule has 0 bridgehead atoms. The molecule has 2 aliphatic rings. The molecule has 1 aliphatic carbocycles. The van der Waals surface area contributed by atoms with Crippen molar-refractivity contribution in [3.8, 4) is 0 Å². The standard InChI is InChI=1S/C21H28N8O/c1-21(7-8-21)26-18-17-16(6-11-28(3)19(17)30)24-20(25-18)23-14-12-22-29(13-14)15-4-9-27(2)10-5-15/h6,11-13,15H,4-5,7-10H2,1-3H3,(H2,23,24,25,26). The molecule has 0 aromatic carbocycles. The van der Waals surface area contributed by atoms with E-state index in [0.717, 1.165) is 44.5 Å². The number of pyridine rings is 1. The van der Waals surface area contributed by atoms with Crippen molar-refractivity contribution >= 4 is 28.4 Å². The van der Waals surface area contributed by atoms with Crippen molar-refractivity contribution in [1.29, 1.82) is 0 Å². The topological polar surface area (TPSA) is 92.9 Å². The van der Waals surface area contributed by atoms with E-state index in [-0.39, 0.29) is 11.1 Å². The van der Waals surface area contributed by atoms with Gasteiger partial charge in [-0.05, 0) is 58.8 Å². The van der Waals surface area contributed by atoms with Crippen molar-refractivity contribution in [2.45, 2.75) is 44.2 Å². The Morgan fingerprint density at radius 3 is 2.67 bits per heavy atom. The summed E-state index contributed by atoms with van der Waals surface area (Å²) in [4.78, 5) is 24.3. The van der Waals surface area contributed by atoms with Gasteiger partial charge in [0.15, 0.2) is 0 Å². The minimum absolute atomic E-state index is 0.00155. The number of likely N-dealkylation sites (tertiary alicyclic amines) is 1. The third-order valence-electron chi connectivity index (χ3n) is 6.27. The summed E-state index contributed by atoms with van der Waals surface area (Å²) >= 11 is 0. The zero-order valence-electron chi connectivity index (χ0n) is 17.7. The first-order chi connectivity index (χ1) is 14.4. The van der Waals surface area contributed by atoms with E-state index in [1.165, 1.54) is 0 Å². The molecule has 0 radical (unpaired) electrons. The third-order valence-corrected chi connectivity index (χ3v) is 6.27. The molecule has 2 fully saturated rings. The van der Waals surface area contributed by atoms with E-state index in [1.54, 1.807) is 17.8 Å². The summed E-state index contributed by atoms with van der Waals surface area (Å²) in [5.74, 6) is 1.05. The smallest absolute Gasteiger partial charge is 0.263 e. The fourth-order valence-corrected chi connectivity index (χ4v) is 3.97. The predicted octanol–water partition coefficient (Wildman–Crippen LogP) is 2.50. The van der Waals surface area contributed by atoms with Gasteiger partial charge in [0.05, 0.1) is 23.4 Å². The molecule has 0 atom stereocenters. The van der Waals surface area contributed by atoms with Crippen LogP contribution in [0, 0.1) is 0 Å². The zero-order chi connectivity index (χ0) is 20.9. The van der Waals surface area contributed by atoms with Crippen molar-refractivity contribution in [3.63, 3.8) is 0 Å². The molecular formula is C21H28N8O. The molecule has 4 heterocycles. The second kappa shape index (κ2) is 7.09. The number of nitrogens with zero attached hydrogens (tertiary/aromatic N) is 6. The lowest BCUT2D eigenvalue weighted by molar-refractivity contribution is 0.212. The number of hydrogen-bond donors (Lipinski definition) is 2. The second-order valence-electron chi connectivity index (χ2n) is 8.94. The van der Waals surface area contributed by atoms with Gasteiger partial charge < -0.3 is 20.1 Å². The highest BCUT2D eigenvalue weighted by Gasteiger charge is 2.38. The Balaban J connectivity index is 1.45. The van der Waals surface area contributed by atoms with Crippen LogP contribution in [0.2, 0.25) is 0 Å². The van der Waals surface area contributed by atoms with Crippen LogP contribution in [0.4, 0.5) is 17.5 Å². The number of rotatable bonds is 5. The Kier molecular flexibility index (Phi) is 4.50. The van der Waals surface area contributed by atoms with E-state index >= 15 is 0 Å². The summed E-state index contributed by atoms with van der Waals surface area (Å²) in [5.41, 5.74) is 1.38. The molecular weight excluding hydrogens is 380 g/mol. The van der Waals surface area contributed by atoms with E-state index in [2.05, 4.69) is 44.6 Å². The molecule has 0 spiro atoms. The highest BCUT2D eigenvalue weighted by molar-refractivity contribution is 5.89. The quantitative estimate of drug-likeness (QED) is 0.670. The largest absolute Gasteiger partial charge is 0.364 e. The summed E-state index contributed by atoms with van der Waals surface area (Å²) in [7, 11) is 3.90. The van der Waals surface area contributed by atoms with Crippen LogP contribution in [-0.2, 0) is 7.05 Å². The Bertz CT molecular complexity index is 1140. The van der Waals surface area contributed by atoms with Crippen LogP contribution in [0.1, 0.15) is 38.6 Å². The average Bonchev–Trinajstić information content (AvgIpc) is 3.26. The Labute approximate surface area is 175 Å². The SMILES string of the molecule is CN1CCC(n2cc(Nc3nc(NC4(C)CC4)c4c(=O)n(C)ccc4n3)cn2)CC1. The lowest BCUT2D eigenvalue weighted by atomic mass is 10.1. The highest BCUT2D eigenvalue weighted by atomic mass is 16.1. The van der Waals surface area contributed by atoms with Crippen LogP contribution in [0.15, 0.2) is 29.5 Å². The zero-order valence-corrected chi connectivity index (χ0v) is 17.7. The van der Waals surface area contributed by atoms with Crippen LogP contribution in [-0.4, -0.2) is 54.9 Å². The normalized spacial score (nSPS) is 19.2. The van der Waals surface area contributed by atoms with Gasteiger partial charge in [0.1, 0.15) is 11.2 Å². The van der Waals surface area contributed by atoms with Crippen molar-refractivity contribution in [2.75, 3.05) is 30.8 Å². The number of anilines is 3. The van der Waals surface area contributed by atoms with Gasteiger partial charge in [-0.1, -0.05) is 0 Å². The number of nitrogens with one attached hydrogen (secondary N) is 2. The average molecular weight is 409 g/mol. The Morgan fingerprint density at radius 2 is 1.93 bits per heavy atom. The fourth-order valence-electron chi connectivity index (χ4n) is 3.97. The molecule has 9 heteroatoms. The lowest BCUT2D eigenvalue weighted by Gasteiger charge is -2.28. The lowest BCUT2D eigenvalue weighted by Crippen LogP contribution is -2.31. The first-order valence-corrected chi connectivity index (χ1v) is 10.6. The second-order valence-corrected chi connectivity index (χ2v) is 8.94. The van der Waals surface area contributed by atoms with Gasteiger partial charge in [-0.2, -0.15) is 10.1 Å². The maximum Gasteiger partial charge on any atom is 0.263 e. The van der Waals surface area contributed by atoms with Gasteiger partial charge in [0.2, 0.25) is 5.95 Å². The molecule has 9 nitrogen and oxygen atoms in total. The highest BCUT2D eigenvalue weighted by Crippen LogP contribution is 2.39. The van der Waals surface area contributed by atoms with E-state index in [0.29, 0.717) is 28.7 Å². The number of piperidine rings is 1. The number of aryl methyl sites for hydroxylation is 1. The Morgan fingerprint density at radius 1 is 1.17 bits per heavy atom.